The van der Waals surface area contributed by atoms with Gasteiger partial charge in [-0.1, -0.05) is 23.5 Å². The van der Waals surface area contributed by atoms with Crippen LogP contribution in [0, 0.1) is 6.92 Å². The van der Waals surface area contributed by atoms with Crippen molar-refractivity contribution in [2.75, 3.05) is 26.7 Å². The minimum Gasteiger partial charge on any atom is -0.497 e. The van der Waals surface area contributed by atoms with Gasteiger partial charge in [-0.3, -0.25) is 14.5 Å². The maximum absolute atomic E-state index is 12.5. The molecule has 9 nitrogen and oxygen atoms in total. The fourth-order valence-electron chi connectivity index (χ4n) is 3.72. The number of nitrogens with zero attached hydrogens (tertiary/aromatic N) is 4. The molecule has 1 aliphatic rings. The third-order valence-corrected chi connectivity index (χ3v) is 6.08. The van der Waals surface area contributed by atoms with Crippen LogP contribution in [0.15, 0.2) is 30.5 Å². The van der Waals surface area contributed by atoms with Crippen LogP contribution in [0.4, 0.5) is 0 Å². The smallest absolute Gasteiger partial charge is 0.237 e. The zero-order chi connectivity index (χ0) is 21.8. The van der Waals surface area contributed by atoms with Gasteiger partial charge in [0.25, 0.3) is 0 Å². The fourth-order valence-corrected chi connectivity index (χ4v) is 4.46. The maximum Gasteiger partial charge on any atom is 0.237 e. The Hall–Kier alpha value is -2.98. The second-order valence-corrected chi connectivity index (χ2v) is 8.67. The first kappa shape index (κ1) is 21.3. The molecular weight excluding hydrogens is 416 g/mol. The molecule has 1 aromatic carbocycles. The van der Waals surface area contributed by atoms with Crippen LogP contribution in [0.1, 0.15) is 22.7 Å². The molecule has 31 heavy (non-hydrogen) atoms. The Bertz CT molecular complexity index is 1050. The van der Waals surface area contributed by atoms with Crippen molar-refractivity contribution in [3.05, 3.63) is 46.7 Å². The summed E-state index contributed by atoms with van der Waals surface area (Å²) < 4.78 is 7.05. The number of rotatable bonds is 8. The van der Waals surface area contributed by atoms with Gasteiger partial charge in [-0.05, 0) is 24.6 Å². The van der Waals surface area contributed by atoms with Crippen LogP contribution >= 0.6 is 11.3 Å². The van der Waals surface area contributed by atoms with Crippen LogP contribution in [0.3, 0.4) is 0 Å². The average molecular weight is 443 g/mol. The van der Waals surface area contributed by atoms with Gasteiger partial charge in [-0.2, -0.15) is 5.10 Å². The molecule has 164 valence electrons. The summed E-state index contributed by atoms with van der Waals surface area (Å²) in [6, 6.07) is 7.27. The summed E-state index contributed by atoms with van der Waals surface area (Å²) in [7, 11) is 1.63. The lowest BCUT2D eigenvalue weighted by Gasteiger charge is -2.34. The van der Waals surface area contributed by atoms with E-state index >= 15 is 0 Å². The maximum atomic E-state index is 12.5. The number of hydrogen-bond acceptors (Lipinski definition) is 7. The largest absolute Gasteiger partial charge is 0.497 e. The standard InChI is InChI=1S/C21H26N6O3S/c1-14-25-27-13-16(24-21(27)31-14)6-7-22-19(28)11-18-20(29)23-8-9-26(18)12-15-4-3-5-17(10-15)30-2/h3-5,10,13,18H,6-9,11-12H2,1-2H3,(H,22,28)(H,23,29)/t18-/m0/s1. The highest BCUT2D eigenvalue weighted by molar-refractivity contribution is 7.16. The quantitative estimate of drug-likeness (QED) is 0.543. The van der Waals surface area contributed by atoms with Gasteiger partial charge in [0.15, 0.2) is 0 Å². The van der Waals surface area contributed by atoms with Crippen molar-refractivity contribution < 1.29 is 14.3 Å². The van der Waals surface area contributed by atoms with E-state index in [4.69, 9.17) is 4.74 Å². The van der Waals surface area contributed by atoms with E-state index in [2.05, 4.69) is 20.7 Å². The Balaban J connectivity index is 1.31. The SMILES string of the molecule is COc1cccc(CN2CCNC(=O)[C@@H]2CC(=O)NCCc2cn3nc(C)sc3n2)c1. The van der Waals surface area contributed by atoms with E-state index in [0.717, 1.165) is 27.0 Å². The number of imidazole rings is 1. The number of amides is 2. The third-order valence-electron chi connectivity index (χ3n) is 5.24. The molecule has 0 unspecified atom stereocenters. The number of methoxy groups -OCH3 is 1. The van der Waals surface area contributed by atoms with E-state index in [1.165, 1.54) is 11.3 Å². The van der Waals surface area contributed by atoms with Gasteiger partial charge in [-0.25, -0.2) is 9.50 Å². The first-order valence-corrected chi connectivity index (χ1v) is 11.1. The number of benzene rings is 1. The van der Waals surface area contributed by atoms with Crippen LogP contribution in [0.25, 0.3) is 4.96 Å². The molecular formula is C21H26N6O3S. The number of ether oxygens (including phenoxy) is 1. The van der Waals surface area contributed by atoms with Crippen LogP contribution in [-0.4, -0.2) is 64.1 Å². The molecule has 3 heterocycles. The van der Waals surface area contributed by atoms with E-state index in [1.807, 2.05) is 42.3 Å². The molecule has 0 saturated carbocycles. The van der Waals surface area contributed by atoms with Gasteiger partial charge in [-0.15, -0.1) is 0 Å². The average Bonchev–Trinajstić information content (AvgIpc) is 3.27. The number of aromatic nitrogens is 3. The molecule has 0 radical (unpaired) electrons. The van der Waals surface area contributed by atoms with Crippen LogP contribution < -0.4 is 15.4 Å². The summed E-state index contributed by atoms with van der Waals surface area (Å²) in [5.41, 5.74) is 1.93. The van der Waals surface area contributed by atoms with E-state index in [0.29, 0.717) is 32.6 Å². The second kappa shape index (κ2) is 9.44. The third kappa shape index (κ3) is 5.20. The molecule has 1 atom stereocenters. The Morgan fingerprint density at radius 3 is 3.10 bits per heavy atom. The summed E-state index contributed by atoms with van der Waals surface area (Å²) in [6.45, 7) is 4.26. The summed E-state index contributed by atoms with van der Waals surface area (Å²) >= 11 is 1.53. The van der Waals surface area contributed by atoms with Crippen molar-refractivity contribution in [2.45, 2.75) is 32.4 Å². The van der Waals surface area contributed by atoms with E-state index in [9.17, 15) is 9.59 Å². The van der Waals surface area contributed by atoms with Crippen molar-refractivity contribution in [3.8, 4) is 5.75 Å². The van der Waals surface area contributed by atoms with Gasteiger partial charge >= 0.3 is 0 Å². The van der Waals surface area contributed by atoms with Gasteiger partial charge in [0.05, 0.1) is 31.5 Å². The molecule has 1 saturated heterocycles. The van der Waals surface area contributed by atoms with Gasteiger partial charge in [0.1, 0.15) is 10.8 Å². The number of piperazine rings is 1. The summed E-state index contributed by atoms with van der Waals surface area (Å²) in [6.07, 6.45) is 2.62. The lowest BCUT2D eigenvalue weighted by Crippen LogP contribution is -2.56. The number of nitrogens with one attached hydrogen (secondary N) is 2. The Labute approximate surface area is 184 Å². The molecule has 3 aromatic rings. The highest BCUT2D eigenvalue weighted by Gasteiger charge is 2.31. The van der Waals surface area contributed by atoms with E-state index < -0.39 is 6.04 Å². The monoisotopic (exact) mass is 442 g/mol. The Kier molecular flexibility index (Phi) is 6.47. The van der Waals surface area contributed by atoms with Crippen LogP contribution in [0.5, 0.6) is 5.75 Å². The highest BCUT2D eigenvalue weighted by atomic mass is 32.1. The van der Waals surface area contributed by atoms with Crippen molar-refractivity contribution in [2.24, 2.45) is 0 Å². The van der Waals surface area contributed by atoms with Crippen LogP contribution in [0.2, 0.25) is 0 Å². The number of carbonyl (C=O) groups is 2. The molecule has 2 amide bonds. The van der Waals surface area contributed by atoms with Crippen molar-refractivity contribution >= 4 is 28.1 Å². The number of fused-ring (bicyclic) bond motifs is 1. The highest BCUT2D eigenvalue weighted by Crippen LogP contribution is 2.18. The number of aryl methyl sites for hydroxylation is 1. The fraction of sp³-hybridized carbons (Fsp3) is 0.429. The lowest BCUT2D eigenvalue weighted by atomic mass is 10.1. The van der Waals surface area contributed by atoms with Gasteiger partial charge < -0.3 is 15.4 Å². The summed E-state index contributed by atoms with van der Waals surface area (Å²) in [5, 5.41) is 11.1. The predicted octanol–water partition coefficient (Wildman–Crippen LogP) is 1.16. The predicted molar refractivity (Wildman–Crippen MR) is 117 cm³/mol. The van der Waals surface area contributed by atoms with E-state index in [-0.39, 0.29) is 18.2 Å². The molecule has 1 fully saturated rings. The molecule has 0 aliphatic carbocycles. The summed E-state index contributed by atoms with van der Waals surface area (Å²) in [4.78, 5) is 32.4. The van der Waals surface area contributed by atoms with Gasteiger partial charge in [0.2, 0.25) is 16.8 Å². The van der Waals surface area contributed by atoms with Crippen LogP contribution in [-0.2, 0) is 22.6 Å². The molecule has 2 N–H and O–H groups in total. The molecule has 0 bridgehead atoms. The van der Waals surface area contributed by atoms with Gasteiger partial charge in [0, 0.05) is 32.6 Å². The Morgan fingerprint density at radius 2 is 2.29 bits per heavy atom. The Morgan fingerprint density at radius 1 is 1.42 bits per heavy atom. The molecule has 4 rings (SSSR count). The topological polar surface area (TPSA) is 101 Å². The van der Waals surface area contributed by atoms with E-state index in [1.54, 1.807) is 11.6 Å². The normalized spacial score (nSPS) is 17.0. The molecule has 1 aliphatic heterocycles. The minimum absolute atomic E-state index is 0.111. The van der Waals surface area contributed by atoms with Crippen molar-refractivity contribution in [1.82, 2.24) is 30.1 Å². The molecule has 0 spiro atoms. The zero-order valence-electron chi connectivity index (χ0n) is 17.6. The molecule has 10 heteroatoms. The van der Waals surface area contributed by atoms with Crippen molar-refractivity contribution in [3.63, 3.8) is 0 Å². The zero-order valence-corrected chi connectivity index (χ0v) is 18.4. The molecule has 2 aromatic heterocycles. The first-order valence-electron chi connectivity index (χ1n) is 10.2. The first-order chi connectivity index (χ1) is 15.0. The summed E-state index contributed by atoms with van der Waals surface area (Å²) in [5.74, 6) is 0.519. The lowest BCUT2D eigenvalue weighted by molar-refractivity contribution is -0.134. The second-order valence-electron chi connectivity index (χ2n) is 7.51. The van der Waals surface area contributed by atoms with Crippen molar-refractivity contribution in [1.29, 1.82) is 0 Å². The minimum atomic E-state index is -0.495. The number of carbonyl (C=O) groups excluding carboxylic acids is 2. The number of hydrogen-bond donors (Lipinski definition) is 2.